The lowest BCUT2D eigenvalue weighted by atomic mass is 9.95. The highest BCUT2D eigenvalue weighted by atomic mass is 35.5. The van der Waals surface area contributed by atoms with E-state index in [1.807, 2.05) is 6.92 Å². The standard InChI is InChI=1S/C27H36ClN5O3S/c1-2-8-21(25(34)30-18-11-6-7-12-18)33(20-15-13-17(28)14-16-20)27(36)24-22(29)23(32-37-24)26(35)31-19-9-4-3-5-10-19/h13-16,18-19,21H,2-12,29H2,1H3,(H,30,34)(H,31,35)/t21-/m0/s1. The minimum absolute atomic E-state index is 0.0497. The van der Waals surface area contributed by atoms with E-state index in [4.69, 9.17) is 17.3 Å². The average Bonchev–Trinajstić information content (AvgIpc) is 3.54. The smallest absolute Gasteiger partial charge is 0.273 e. The fourth-order valence-electron chi connectivity index (χ4n) is 5.28. The molecule has 4 N–H and O–H groups in total. The van der Waals surface area contributed by atoms with Gasteiger partial charge in [-0.3, -0.25) is 19.3 Å². The molecule has 200 valence electrons. The van der Waals surface area contributed by atoms with Gasteiger partial charge in [0, 0.05) is 22.8 Å². The zero-order valence-electron chi connectivity index (χ0n) is 21.3. The van der Waals surface area contributed by atoms with Gasteiger partial charge in [0.05, 0.1) is 5.69 Å². The number of benzene rings is 1. The van der Waals surface area contributed by atoms with Gasteiger partial charge in [0.2, 0.25) is 5.91 Å². The van der Waals surface area contributed by atoms with E-state index in [1.165, 1.54) is 11.3 Å². The Labute approximate surface area is 227 Å². The molecule has 1 aromatic heterocycles. The van der Waals surface area contributed by atoms with Crippen molar-refractivity contribution in [2.75, 3.05) is 10.6 Å². The van der Waals surface area contributed by atoms with Crippen LogP contribution < -0.4 is 21.3 Å². The van der Waals surface area contributed by atoms with Crippen molar-refractivity contribution in [3.05, 3.63) is 39.9 Å². The molecule has 1 heterocycles. The molecule has 10 heteroatoms. The van der Waals surface area contributed by atoms with Crippen LogP contribution in [0.25, 0.3) is 0 Å². The van der Waals surface area contributed by atoms with Crippen molar-refractivity contribution >= 4 is 52.2 Å². The van der Waals surface area contributed by atoms with Crippen molar-refractivity contribution < 1.29 is 14.4 Å². The number of carbonyl (C=O) groups excluding carboxylic acids is 3. The van der Waals surface area contributed by atoms with Crippen LogP contribution in [-0.4, -0.2) is 40.2 Å². The maximum absolute atomic E-state index is 14.0. The molecule has 2 fully saturated rings. The van der Waals surface area contributed by atoms with Crippen LogP contribution in [-0.2, 0) is 4.79 Å². The summed E-state index contributed by atoms with van der Waals surface area (Å²) >= 11 is 7.01. The van der Waals surface area contributed by atoms with Gasteiger partial charge in [0.15, 0.2) is 5.69 Å². The Hall–Kier alpha value is -2.65. The molecular formula is C27H36ClN5O3S. The largest absolute Gasteiger partial charge is 0.395 e. The third-order valence-electron chi connectivity index (χ3n) is 7.28. The summed E-state index contributed by atoms with van der Waals surface area (Å²) in [6, 6.07) is 6.31. The first-order valence-corrected chi connectivity index (χ1v) is 14.5. The Bertz CT molecular complexity index is 1090. The second kappa shape index (κ2) is 12.7. The molecule has 8 nitrogen and oxygen atoms in total. The van der Waals surface area contributed by atoms with Gasteiger partial charge in [0.1, 0.15) is 10.9 Å². The van der Waals surface area contributed by atoms with Gasteiger partial charge in [0.25, 0.3) is 11.8 Å². The lowest BCUT2D eigenvalue weighted by Crippen LogP contribution is -2.51. The number of nitrogens with one attached hydrogen (secondary N) is 2. The van der Waals surface area contributed by atoms with E-state index in [2.05, 4.69) is 15.0 Å². The summed E-state index contributed by atoms with van der Waals surface area (Å²) in [5.74, 6) is -0.994. The molecule has 2 saturated carbocycles. The van der Waals surface area contributed by atoms with Crippen molar-refractivity contribution in [2.24, 2.45) is 0 Å². The predicted molar refractivity (Wildman–Crippen MR) is 148 cm³/mol. The van der Waals surface area contributed by atoms with Crippen molar-refractivity contribution in [3.8, 4) is 0 Å². The number of anilines is 2. The van der Waals surface area contributed by atoms with Crippen LogP contribution in [0.4, 0.5) is 11.4 Å². The summed E-state index contributed by atoms with van der Waals surface area (Å²) in [6.45, 7) is 1.98. The van der Waals surface area contributed by atoms with Gasteiger partial charge in [-0.25, -0.2) is 0 Å². The lowest BCUT2D eigenvalue weighted by Gasteiger charge is -2.31. The fraction of sp³-hybridized carbons (Fsp3) is 0.556. The van der Waals surface area contributed by atoms with Gasteiger partial charge in [-0.1, -0.05) is 57.0 Å². The zero-order valence-corrected chi connectivity index (χ0v) is 22.9. The molecule has 0 aliphatic heterocycles. The number of aromatic nitrogens is 1. The molecule has 37 heavy (non-hydrogen) atoms. The molecule has 2 aliphatic carbocycles. The summed E-state index contributed by atoms with van der Waals surface area (Å²) in [7, 11) is 0. The summed E-state index contributed by atoms with van der Waals surface area (Å²) in [4.78, 5) is 42.1. The molecule has 3 amide bonds. The summed E-state index contributed by atoms with van der Waals surface area (Å²) < 4.78 is 4.26. The minimum atomic E-state index is -0.736. The number of nitrogens with two attached hydrogens (primary N) is 1. The number of carbonyl (C=O) groups is 3. The maximum atomic E-state index is 14.0. The number of hydrogen-bond donors (Lipinski definition) is 3. The Kier molecular flexibility index (Phi) is 9.43. The van der Waals surface area contributed by atoms with E-state index in [0.29, 0.717) is 23.6 Å². The third kappa shape index (κ3) is 6.62. The van der Waals surface area contributed by atoms with E-state index in [1.54, 1.807) is 24.3 Å². The highest BCUT2D eigenvalue weighted by Crippen LogP contribution is 2.30. The van der Waals surface area contributed by atoms with Gasteiger partial charge >= 0.3 is 0 Å². The third-order valence-corrected chi connectivity index (χ3v) is 8.38. The first-order valence-electron chi connectivity index (χ1n) is 13.3. The van der Waals surface area contributed by atoms with E-state index in [9.17, 15) is 14.4 Å². The number of amides is 3. The quantitative estimate of drug-likeness (QED) is 0.394. The second-order valence-electron chi connectivity index (χ2n) is 10.0. The van der Waals surface area contributed by atoms with E-state index < -0.39 is 11.9 Å². The summed E-state index contributed by atoms with van der Waals surface area (Å²) in [6.07, 6.45) is 10.4. The Morgan fingerprint density at radius 2 is 1.62 bits per heavy atom. The summed E-state index contributed by atoms with van der Waals surface area (Å²) in [5.41, 5.74) is 7.00. The molecule has 1 aromatic carbocycles. The summed E-state index contributed by atoms with van der Waals surface area (Å²) in [5, 5.41) is 6.69. The Balaban J connectivity index is 1.62. The molecule has 0 bridgehead atoms. The maximum Gasteiger partial charge on any atom is 0.273 e. The van der Waals surface area contributed by atoms with Crippen molar-refractivity contribution in [3.63, 3.8) is 0 Å². The minimum Gasteiger partial charge on any atom is -0.395 e. The van der Waals surface area contributed by atoms with Crippen molar-refractivity contribution in [1.82, 2.24) is 15.0 Å². The van der Waals surface area contributed by atoms with Gasteiger partial charge < -0.3 is 16.4 Å². The molecule has 4 rings (SSSR count). The number of halogens is 1. The highest BCUT2D eigenvalue weighted by molar-refractivity contribution is 7.09. The number of nitrogen functional groups attached to an aromatic ring is 1. The molecular weight excluding hydrogens is 510 g/mol. The van der Waals surface area contributed by atoms with Gasteiger partial charge in [-0.2, -0.15) is 4.37 Å². The topological polar surface area (TPSA) is 117 Å². The van der Waals surface area contributed by atoms with Gasteiger partial charge in [-0.05, 0) is 67.9 Å². The van der Waals surface area contributed by atoms with Gasteiger partial charge in [-0.15, -0.1) is 0 Å². The van der Waals surface area contributed by atoms with Crippen LogP contribution in [0.3, 0.4) is 0 Å². The second-order valence-corrected chi connectivity index (χ2v) is 11.2. The number of hydrogen-bond acceptors (Lipinski definition) is 6. The molecule has 2 aliphatic rings. The van der Waals surface area contributed by atoms with E-state index in [-0.39, 0.29) is 40.2 Å². The van der Waals surface area contributed by atoms with Crippen LogP contribution >= 0.6 is 23.1 Å². The monoisotopic (exact) mass is 545 g/mol. The molecule has 0 radical (unpaired) electrons. The highest BCUT2D eigenvalue weighted by Gasteiger charge is 2.35. The number of rotatable bonds is 9. The van der Waals surface area contributed by atoms with Crippen molar-refractivity contribution in [1.29, 1.82) is 0 Å². The molecule has 0 saturated heterocycles. The SMILES string of the molecule is CCC[C@@H](C(=O)NC1CCCC1)N(C(=O)c1snc(C(=O)NC2CCCCC2)c1N)c1ccc(Cl)cc1. The zero-order chi connectivity index (χ0) is 26.4. The molecule has 0 unspecified atom stereocenters. The lowest BCUT2D eigenvalue weighted by molar-refractivity contribution is -0.123. The Morgan fingerprint density at radius 1 is 1.03 bits per heavy atom. The van der Waals surface area contributed by atoms with Crippen LogP contribution in [0.1, 0.15) is 97.7 Å². The van der Waals surface area contributed by atoms with Crippen LogP contribution in [0, 0.1) is 0 Å². The fourth-order valence-corrected chi connectivity index (χ4v) is 6.15. The molecule has 0 spiro atoms. The predicted octanol–water partition coefficient (Wildman–Crippen LogP) is 5.32. The van der Waals surface area contributed by atoms with E-state index >= 15 is 0 Å². The first-order chi connectivity index (χ1) is 17.9. The normalized spacial score (nSPS) is 17.4. The van der Waals surface area contributed by atoms with Crippen LogP contribution in [0.2, 0.25) is 5.02 Å². The van der Waals surface area contributed by atoms with Crippen molar-refractivity contribution in [2.45, 2.75) is 95.7 Å². The van der Waals surface area contributed by atoms with Crippen LogP contribution in [0.15, 0.2) is 24.3 Å². The first kappa shape index (κ1) is 27.4. The van der Waals surface area contributed by atoms with Crippen LogP contribution in [0.5, 0.6) is 0 Å². The number of nitrogens with zero attached hydrogens (tertiary/aromatic N) is 2. The molecule has 1 atom stereocenters. The van der Waals surface area contributed by atoms with E-state index in [0.717, 1.165) is 62.9 Å². The molecule has 2 aromatic rings. The average molecular weight is 546 g/mol. The Morgan fingerprint density at radius 3 is 2.24 bits per heavy atom.